The van der Waals surface area contributed by atoms with Crippen LogP contribution in [0.15, 0.2) is 48.1 Å². The summed E-state index contributed by atoms with van der Waals surface area (Å²) in [6.45, 7) is 0. The maximum Gasteiger partial charge on any atom is -0.00362 e. The van der Waals surface area contributed by atoms with E-state index >= 15 is 0 Å². The third-order valence-corrected chi connectivity index (χ3v) is 4.17. The molecule has 0 spiro atoms. The van der Waals surface area contributed by atoms with Crippen LogP contribution in [0.1, 0.15) is 42.4 Å². The van der Waals surface area contributed by atoms with E-state index in [-0.39, 0.29) is 0 Å². The van der Waals surface area contributed by atoms with Gasteiger partial charge in [-0.2, -0.15) is 0 Å². The Labute approximate surface area is 108 Å². The minimum absolute atomic E-state index is 1.10. The van der Waals surface area contributed by atoms with Crippen LogP contribution in [0.25, 0.3) is 17.2 Å². The predicted molar refractivity (Wildman–Crippen MR) is 78.0 cm³/mol. The van der Waals surface area contributed by atoms with Crippen molar-refractivity contribution in [3.8, 4) is 0 Å². The van der Waals surface area contributed by atoms with Crippen molar-refractivity contribution in [2.75, 3.05) is 0 Å². The van der Waals surface area contributed by atoms with Crippen molar-refractivity contribution in [1.29, 1.82) is 0 Å². The number of rotatable bonds is 0. The van der Waals surface area contributed by atoms with Crippen LogP contribution < -0.4 is 0 Å². The molecule has 4 rings (SSSR count). The summed E-state index contributed by atoms with van der Waals surface area (Å²) in [6, 6.07) is 6.75. The van der Waals surface area contributed by atoms with E-state index in [1.54, 1.807) is 11.1 Å². The van der Waals surface area contributed by atoms with E-state index in [0.29, 0.717) is 0 Å². The molecule has 0 radical (unpaired) electrons. The summed E-state index contributed by atoms with van der Waals surface area (Å²) in [5.41, 5.74) is 9.02. The van der Waals surface area contributed by atoms with Crippen molar-refractivity contribution in [3.05, 3.63) is 64.8 Å². The number of allylic oxidation sites excluding steroid dienone is 7. The van der Waals surface area contributed by atoms with Crippen LogP contribution in [0.2, 0.25) is 0 Å². The molecule has 0 fully saturated rings. The van der Waals surface area contributed by atoms with E-state index in [1.165, 1.54) is 28.7 Å². The molecule has 1 aromatic rings. The molecular weight excluding hydrogens is 216 g/mol. The maximum absolute atomic E-state index is 2.45. The van der Waals surface area contributed by atoms with E-state index in [9.17, 15) is 0 Å². The molecule has 0 N–H and O–H groups in total. The second kappa shape index (κ2) is 3.84. The zero-order valence-electron chi connectivity index (χ0n) is 10.4. The smallest absolute Gasteiger partial charge is 0.00362 e. The molecule has 0 bridgehead atoms. The Kier molecular flexibility index (Phi) is 2.16. The Morgan fingerprint density at radius 3 is 2.67 bits per heavy atom. The molecule has 3 aliphatic rings. The van der Waals surface area contributed by atoms with Crippen molar-refractivity contribution < 1.29 is 0 Å². The van der Waals surface area contributed by atoms with Gasteiger partial charge in [0.1, 0.15) is 0 Å². The molecule has 88 valence electrons. The second-order valence-corrected chi connectivity index (χ2v) is 5.20. The zero-order chi connectivity index (χ0) is 11.9. The molecule has 0 heteroatoms. The summed E-state index contributed by atoms with van der Waals surface area (Å²) in [6.07, 6.45) is 16.2. The van der Waals surface area contributed by atoms with Crippen LogP contribution in [0.3, 0.4) is 0 Å². The Bertz CT molecular complexity index is 636. The number of hydrogen-bond acceptors (Lipinski definition) is 0. The van der Waals surface area contributed by atoms with Gasteiger partial charge in [0.25, 0.3) is 0 Å². The van der Waals surface area contributed by atoms with E-state index in [0.717, 1.165) is 19.3 Å². The van der Waals surface area contributed by atoms with Crippen molar-refractivity contribution in [3.63, 3.8) is 0 Å². The van der Waals surface area contributed by atoms with Gasteiger partial charge in [0, 0.05) is 0 Å². The lowest BCUT2D eigenvalue weighted by Crippen LogP contribution is -1.91. The summed E-state index contributed by atoms with van der Waals surface area (Å²) >= 11 is 0. The van der Waals surface area contributed by atoms with Gasteiger partial charge in [-0.05, 0) is 59.1 Å². The second-order valence-electron chi connectivity index (χ2n) is 5.20. The van der Waals surface area contributed by atoms with Crippen LogP contribution in [0.4, 0.5) is 0 Å². The van der Waals surface area contributed by atoms with Crippen molar-refractivity contribution in [2.24, 2.45) is 0 Å². The van der Waals surface area contributed by atoms with Crippen molar-refractivity contribution >= 4 is 17.2 Å². The Balaban J connectivity index is 2.02. The summed E-state index contributed by atoms with van der Waals surface area (Å²) in [4.78, 5) is 0. The zero-order valence-corrected chi connectivity index (χ0v) is 10.4. The number of hydrogen-bond donors (Lipinski definition) is 0. The Morgan fingerprint density at radius 1 is 0.833 bits per heavy atom. The summed E-state index contributed by atoms with van der Waals surface area (Å²) < 4.78 is 0. The van der Waals surface area contributed by atoms with Crippen molar-refractivity contribution in [1.82, 2.24) is 0 Å². The molecule has 18 heavy (non-hydrogen) atoms. The number of fused-ring (bicyclic) bond motifs is 2. The molecule has 3 aliphatic carbocycles. The van der Waals surface area contributed by atoms with Gasteiger partial charge < -0.3 is 0 Å². The lowest BCUT2D eigenvalue weighted by molar-refractivity contribution is 1.05. The average molecular weight is 232 g/mol. The first kappa shape index (κ1) is 10.1. The fraction of sp³-hybridized carbons (Fsp3) is 0.222. The fourth-order valence-corrected chi connectivity index (χ4v) is 3.37. The highest BCUT2D eigenvalue weighted by atomic mass is 14.3. The molecule has 0 atom stereocenters. The van der Waals surface area contributed by atoms with Gasteiger partial charge in [-0.1, -0.05) is 48.6 Å². The first-order valence-corrected chi connectivity index (χ1v) is 6.83. The summed E-state index contributed by atoms with van der Waals surface area (Å²) in [7, 11) is 0. The molecule has 0 aromatic heterocycles. The molecule has 0 saturated carbocycles. The minimum Gasteiger partial charge on any atom is -0.0838 e. The standard InChI is InChI=1S/C18H16/c1-2-7-13-8-6-12-17-15-10-5-4-9-14(15)16(11-3-1)18(13)17/h2,4-8,11-12H,1,3,9-10H2. The SMILES string of the molecule is C1=Cc2cccc3c2C(=CCC1)C1=C3CC=CC1. The van der Waals surface area contributed by atoms with Gasteiger partial charge in [0.15, 0.2) is 0 Å². The molecule has 0 unspecified atom stereocenters. The molecule has 0 amide bonds. The first-order chi connectivity index (χ1) is 8.95. The van der Waals surface area contributed by atoms with Crippen LogP contribution in [0.5, 0.6) is 0 Å². The lowest BCUT2D eigenvalue weighted by atomic mass is 9.93. The summed E-state index contributed by atoms with van der Waals surface area (Å²) in [5, 5.41) is 0. The van der Waals surface area contributed by atoms with Gasteiger partial charge in [-0.3, -0.25) is 0 Å². The third-order valence-electron chi connectivity index (χ3n) is 4.17. The highest BCUT2D eigenvalue weighted by Crippen LogP contribution is 2.48. The van der Waals surface area contributed by atoms with Crippen LogP contribution in [-0.4, -0.2) is 0 Å². The van der Waals surface area contributed by atoms with E-state index < -0.39 is 0 Å². The van der Waals surface area contributed by atoms with Gasteiger partial charge >= 0.3 is 0 Å². The normalized spacial score (nSPS) is 20.1. The molecule has 1 aromatic carbocycles. The van der Waals surface area contributed by atoms with E-state index in [2.05, 4.69) is 48.6 Å². The molecule has 0 saturated heterocycles. The maximum atomic E-state index is 2.45. The summed E-state index contributed by atoms with van der Waals surface area (Å²) in [5.74, 6) is 0. The molecular formula is C18H16. The Hall–Kier alpha value is -1.82. The lowest BCUT2D eigenvalue weighted by Gasteiger charge is -2.12. The monoisotopic (exact) mass is 232 g/mol. The largest absolute Gasteiger partial charge is 0.0838 e. The third kappa shape index (κ3) is 1.32. The van der Waals surface area contributed by atoms with Crippen LogP contribution in [-0.2, 0) is 0 Å². The van der Waals surface area contributed by atoms with Gasteiger partial charge in [0.2, 0.25) is 0 Å². The minimum atomic E-state index is 1.10. The van der Waals surface area contributed by atoms with Crippen molar-refractivity contribution in [2.45, 2.75) is 25.7 Å². The Morgan fingerprint density at radius 2 is 1.72 bits per heavy atom. The highest BCUT2D eigenvalue weighted by Gasteiger charge is 2.27. The first-order valence-electron chi connectivity index (χ1n) is 6.83. The highest BCUT2D eigenvalue weighted by molar-refractivity contribution is 6.03. The molecule has 0 nitrogen and oxygen atoms in total. The topological polar surface area (TPSA) is 0 Å². The molecule has 0 aliphatic heterocycles. The number of benzene rings is 1. The quantitative estimate of drug-likeness (QED) is 0.552. The van der Waals surface area contributed by atoms with Gasteiger partial charge in [-0.15, -0.1) is 0 Å². The van der Waals surface area contributed by atoms with Gasteiger partial charge in [0.05, 0.1) is 0 Å². The average Bonchev–Trinajstić information content (AvgIpc) is 2.70. The molecule has 0 heterocycles. The van der Waals surface area contributed by atoms with E-state index in [4.69, 9.17) is 0 Å². The van der Waals surface area contributed by atoms with E-state index in [1.807, 2.05) is 0 Å². The predicted octanol–water partition coefficient (Wildman–Crippen LogP) is 4.99. The van der Waals surface area contributed by atoms with Gasteiger partial charge in [-0.25, -0.2) is 0 Å². The van der Waals surface area contributed by atoms with Crippen LogP contribution in [0, 0.1) is 0 Å². The fourth-order valence-electron chi connectivity index (χ4n) is 3.37. The van der Waals surface area contributed by atoms with Crippen LogP contribution >= 0.6 is 0 Å².